The molecule has 150 valence electrons. The van der Waals surface area contributed by atoms with Gasteiger partial charge in [-0.1, -0.05) is 42.8 Å². The largest absolute Gasteiger partial charge is 0.497 e. The van der Waals surface area contributed by atoms with Gasteiger partial charge in [-0.25, -0.2) is 0 Å². The van der Waals surface area contributed by atoms with Crippen molar-refractivity contribution >= 4 is 11.9 Å². The Bertz CT molecular complexity index is 787. The molecule has 2 rings (SSSR count). The topological polar surface area (TPSA) is 74.8 Å². The summed E-state index contributed by atoms with van der Waals surface area (Å²) in [7, 11) is 3.32. The van der Waals surface area contributed by atoms with Gasteiger partial charge in [0.15, 0.2) is 5.96 Å². The molecule has 1 atom stereocenters. The van der Waals surface area contributed by atoms with Crippen molar-refractivity contribution in [3.8, 4) is 5.75 Å². The molecule has 0 aliphatic rings. The van der Waals surface area contributed by atoms with Crippen LogP contribution in [0.2, 0.25) is 0 Å². The van der Waals surface area contributed by atoms with Crippen molar-refractivity contribution in [1.29, 1.82) is 0 Å². The van der Waals surface area contributed by atoms with E-state index in [4.69, 9.17) is 4.74 Å². The van der Waals surface area contributed by atoms with Crippen LogP contribution in [-0.4, -0.2) is 45.7 Å². The highest BCUT2D eigenvalue weighted by atomic mass is 16.5. The third kappa shape index (κ3) is 6.61. The predicted molar refractivity (Wildman–Crippen MR) is 114 cm³/mol. The number of guanidine groups is 1. The summed E-state index contributed by atoms with van der Waals surface area (Å²) in [5.74, 6) is 1.62. The first-order valence-corrected chi connectivity index (χ1v) is 9.46. The maximum Gasteiger partial charge on any atom is 0.251 e. The molecule has 6 nitrogen and oxygen atoms in total. The second-order valence-electron chi connectivity index (χ2n) is 6.68. The Hall–Kier alpha value is -3.02. The van der Waals surface area contributed by atoms with Crippen LogP contribution in [0.25, 0.3) is 0 Å². The van der Waals surface area contributed by atoms with E-state index in [0.717, 1.165) is 12.5 Å². The monoisotopic (exact) mass is 382 g/mol. The summed E-state index contributed by atoms with van der Waals surface area (Å²) in [4.78, 5) is 16.4. The van der Waals surface area contributed by atoms with Gasteiger partial charge in [-0.2, -0.15) is 0 Å². The number of amides is 1. The van der Waals surface area contributed by atoms with Gasteiger partial charge in [0, 0.05) is 32.2 Å². The quantitative estimate of drug-likeness (QED) is 0.373. The number of hydrogen-bond acceptors (Lipinski definition) is 3. The molecule has 2 aromatic rings. The molecule has 28 heavy (non-hydrogen) atoms. The summed E-state index contributed by atoms with van der Waals surface area (Å²) >= 11 is 0. The van der Waals surface area contributed by atoms with Crippen molar-refractivity contribution in [3.63, 3.8) is 0 Å². The van der Waals surface area contributed by atoms with Crippen LogP contribution in [0.15, 0.2) is 53.5 Å². The molecular formula is C22H30N4O2. The fourth-order valence-electron chi connectivity index (χ4n) is 2.71. The van der Waals surface area contributed by atoms with Crippen molar-refractivity contribution < 1.29 is 9.53 Å². The maximum atomic E-state index is 12.2. The summed E-state index contributed by atoms with van der Waals surface area (Å²) in [6.45, 7) is 6.11. The molecular weight excluding hydrogens is 352 g/mol. The van der Waals surface area contributed by atoms with Gasteiger partial charge < -0.3 is 20.7 Å². The molecule has 1 unspecified atom stereocenters. The molecule has 0 aliphatic heterocycles. The normalized spacial score (nSPS) is 12.2. The van der Waals surface area contributed by atoms with Crippen LogP contribution in [0.1, 0.15) is 34.3 Å². The Kier molecular flexibility index (Phi) is 8.34. The van der Waals surface area contributed by atoms with E-state index in [2.05, 4.69) is 59.1 Å². The zero-order valence-corrected chi connectivity index (χ0v) is 17.1. The van der Waals surface area contributed by atoms with Crippen molar-refractivity contribution in [3.05, 3.63) is 65.2 Å². The number of aryl methyl sites for hydroxylation is 1. The average molecular weight is 383 g/mol. The van der Waals surface area contributed by atoms with Gasteiger partial charge >= 0.3 is 0 Å². The molecule has 0 spiro atoms. The van der Waals surface area contributed by atoms with Gasteiger partial charge in [0.1, 0.15) is 5.75 Å². The van der Waals surface area contributed by atoms with Gasteiger partial charge in [0.05, 0.1) is 7.11 Å². The fourth-order valence-corrected chi connectivity index (χ4v) is 2.71. The first kappa shape index (κ1) is 21.3. The molecule has 2 aromatic carbocycles. The lowest BCUT2D eigenvalue weighted by Crippen LogP contribution is -2.42. The minimum Gasteiger partial charge on any atom is -0.497 e. The van der Waals surface area contributed by atoms with E-state index >= 15 is 0 Å². The number of methoxy groups -OCH3 is 1. The van der Waals surface area contributed by atoms with Gasteiger partial charge in [-0.05, 0) is 36.6 Å². The van der Waals surface area contributed by atoms with E-state index in [-0.39, 0.29) is 5.91 Å². The number of carbonyl (C=O) groups excluding carboxylic acids is 1. The second-order valence-corrected chi connectivity index (χ2v) is 6.68. The van der Waals surface area contributed by atoms with Crippen LogP contribution in [-0.2, 0) is 0 Å². The molecule has 6 heteroatoms. The lowest BCUT2D eigenvalue weighted by Gasteiger charge is -2.17. The number of ether oxygens (including phenoxy) is 1. The van der Waals surface area contributed by atoms with Crippen LogP contribution < -0.4 is 20.7 Å². The summed E-state index contributed by atoms with van der Waals surface area (Å²) in [5.41, 5.74) is 3.13. The molecule has 0 saturated carbocycles. The average Bonchev–Trinajstić information content (AvgIpc) is 2.73. The standard InChI is InChI=1S/C22H30N4O2/c1-16-8-10-18(11-9-16)17(2)15-26-22(23-3)25-13-12-24-21(27)19-6-5-7-20(14-19)28-4/h5-11,14,17H,12-13,15H2,1-4H3,(H,24,27)(H2,23,25,26). The smallest absolute Gasteiger partial charge is 0.251 e. The Morgan fingerprint density at radius 3 is 2.46 bits per heavy atom. The Morgan fingerprint density at radius 1 is 1.07 bits per heavy atom. The van der Waals surface area contributed by atoms with Crippen molar-refractivity contribution in [2.24, 2.45) is 4.99 Å². The number of nitrogens with zero attached hydrogens (tertiary/aromatic N) is 1. The zero-order valence-electron chi connectivity index (χ0n) is 17.1. The van der Waals surface area contributed by atoms with Crippen LogP contribution in [0.5, 0.6) is 5.75 Å². The second kappa shape index (κ2) is 11.0. The predicted octanol–water partition coefficient (Wildman–Crippen LogP) is 2.70. The molecule has 0 saturated heterocycles. The lowest BCUT2D eigenvalue weighted by atomic mass is 10.0. The van der Waals surface area contributed by atoms with E-state index < -0.39 is 0 Å². The summed E-state index contributed by atoms with van der Waals surface area (Å²) < 4.78 is 5.14. The fraction of sp³-hybridized carbons (Fsp3) is 0.364. The molecule has 0 heterocycles. The van der Waals surface area contributed by atoms with Crippen LogP contribution in [0.3, 0.4) is 0 Å². The number of hydrogen-bond donors (Lipinski definition) is 3. The zero-order chi connectivity index (χ0) is 20.4. The number of carbonyl (C=O) groups is 1. The highest BCUT2D eigenvalue weighted by molar-refractivity contribution is 5.94. The van der Waals surface area contributed by atoms with E-state index in [1.54, 1.807) is 32.4 Å². The summed E-state index contributed by atoms with van der Waals surface area (Å²) in [6.07, 6.45) is 0. The van der Waals surface area contributed by atoms with E-state index in [9.17, 15) is 4.79 Å². The van der Waals surface area contributed by atoms with Gasteiger partial charge in [0.2, 0.25) is 0 Å². The van der Waals surface area contributed by atoms with E-state index in [0.29, 0.717) is 30.3 Å². The molecule has 0 fully saturated rings. The number of aliphatic imine (C=N–C) groups is 1. The summed E-state index contributed by atoms with van der Waals surface area (Å²) in [6, 6.07) is 15.7. The molecule has 3 N–H and O–H groups in total. The SMILES string of the molecule is CN=C(NCCNC(=O)c1cccc(OC)c1)NCC(C)c1ccc(C)cc1. The van der Waals surface area contributed by atoms with E-state index in [1.165, 1.54) is 11.1 Å². The van der Waals surface area contributed by atoms with E-state index in [1.807, 2.05) is 6.07 Å². The third-order valence-electron chi connectivity index (χ3n) is 4.48. The number of benzene rings is 2. The minimum atomic E-state index is -0.128. The Morgan fingerprint density at radius 2 is 1.79 bits per heavy atom. The molecule has 1 amide bonds. The lowest BCUT2D eigenvalue weighted by molar-refractivity contribution is 0.0954. The Balaban J connectivity index is 1.71. The molecule has 0 radical (unpaired) electrons. The highest BCUT2D eigenvalue weighted by Crippen LogP contribution is 2.14. The molecule has 0 aliphatic carbocycles. The van der Waals surface area contributed by atoms with Gasteiger partial charge in [-0.3, -0.25) is 9.79 Å². The van der Waals surface area contributed by atoms with Crippen molar-refractivity contribution in [2.75, 3.05) is 33.8 Å². The first-order chi connectivity index (χ1) is 13.5. The highest BCUT2D eigenvalue weighted by Gasteiger charge is 2.08. The van der Waals surface area contributed by atoms with Crippen molar-refractivity contribution in [1.82, 2.24) is 16.0 Å². The maximum absolute atomic E-state index is 12.2. The Labute approximate surface area is 167 Å². The number of rotatable bonds is 8. The van der Waals surface area contributed by atoms with Crippen molar-refractivity contribution in [2.45, 2.75) is 19.8 Å². The molecule has 0 bridgehead atoms. The summed E-state index contributed by atoms with van der Waals surface area (Å²) in [5, 5.41) is 9.43. The minimum absolute atomic E-state index is 0.128. The third-order valence-corrected chi connectivity index (χ3v) is 4.48. The number of nitrogens with one attached hydrogen (secondary N) is 3. The van der Waals surface area contributed by atoms with Crippen LogP contribution >= 0.6 is 0 Å². The van der Waals surface area contributed by atoms with Crippen LogP contribution in [0.4, 0.5) is 0 Å². The van der Waals surface area contributed by atoms with Crippen LogP contribution in [0, 0.1) is 6.92 Å². The van der Waals surface area contributed by atoms with Gasteiger partial charge in [0.25, 0.3) is 5.91 Å². The van der Waals surface area contributed by atoms with Gasteiger partial charge in [-0.15, -0.1) is 0 Å². The first-order valence-electron chi connectivity index (χ1n) is 9.46. The molecule has 0 aromatic heterocycles.